The highest BCUT2D eigenvalue weighted by molar-refractivity contribution is 5.81. The first-order valence-corrected chi connectivity index (χ1v) is 12.6. The number of benzene rings is 2. The van der Waals surface area contributed by atoms with Crippen LogP contribution in [0.5, 0.6) is 0 Å². The van der Waals surface area contributed by atoms with Crippen molar-refractivity contribution in [2.45, 2.75) is 51.4 Å². The van der Waals surface area contributed by atoms with Crippen molar-refractivity contribution in [3.05, 3.63) is 59.7 Å². The largest absolute Gasteiger partial charge is 0.481 e. The Morgan fingerprint density at radius 1 is 1.06 bits per heavy atom. The molecular weight excluding hydrogens is 444 g/mol. The summed E-state index contributed by atoms with van der Waals surface area (Å²) in [6, 6.07) is 16.4. The summed E-state index contributed by atoms with van der Waals surface area (Å²) in [6.07, 6.45) is 3.09. The summed E-state index contributed by atoms with van der Waals surface area (Å²) in [4.78, 5) is 38.2. The lowest BCUT2D eigenvalue weighted by atomic mass is 9.83. The minimum atomic E-state index is -0.804. The van der Waals surface area contributed by atoms with Gasteiger partial charge in [0, 0.05) is 32.0 Å². The third-order valence-electron chi connectivity index (χ3n) is 7.32. The fraction of sp³-hybridized carbons (Fsp3) is 0.464. The van der Waals surface area contributed by atoms with Crippen LogP contribution in [0.25, 0.3) is 11.1 Å². The lowest BCUT2D eigenvalue weighted by molar-refractivity contribution is -0.149. The number of hydrogen-bond acceptors (Lipinski definition) is 4. The average Bonchev–Trinajstić information content (AvgIpc) is 3.43. The number of alkyl carbamates (subject to hydrolysis) is 1. The van der Waals surface area contributed by atoms with E-state index in [-0.39, 0.29) is 18.4 Å². The maximum Gasteiger partial charge on any atom is 0.407 e. The van der Waals surface area contributed by atoms with Gasteiger partial charge in [0.1, 0.15) is 6.61 Å². The average molecular weight is 479 g/mol. The van der Waals surface area contributed by atoms with Crippen LogP contribution in [0, 0.1) is 5.41 Å². The van der Waals surface area contributed by atoms with Gasteiger partial charge < -0.3 is 20.1 Å². The number of carbonyl (C=O) groups excluding carboxylic acids is 2. The molecule has 4 rings (SSSR count). The molecule has 2 aliphatic rings. The van der Waals surface area contributed by atoms with Gasteiger partial charge in [-0.25, -0.2) is 4.79 Å². The van der Waals surface area contributed by atoms with Gasteiger partial charge in [-0.3, -0.25) is 9.59 Å². The maximum absolute atomic E-state index is 12.5. The van der Waals surface area contributed by atoms with Crippen LogP contribution in [0.4, 0.5) is 4.79 Å². The zero-order valence-electron chi connectivity index (χ0n) is 20.3. The van der Waals surface area contributed by atoms with Gasteiger partial charge in [0.2, 0.25) is 5.91 Å². The molecule has 0 spiro atoms. The number of nitrogens with zero attached hydrogens (tertiary/aromatic N) is 1. The smallest absolute Gasteiger partial charge is 0.407 e. The molecule has 1 aliphatic heterocycles. The SMILES string of the molecule is CCCC1(C(=O)O)CCN(C(=O)CCCCNC(=O)OCC2c3ccccc3-c3ccccc32)C1. The first kappa shape index (κ1) is 24.8. The molecule has 1 fully saturated rings. The summed E-state index contributed by atoms with van der Waals surface area (Å²) < 4.78 is 5.54. The van der Waals surface area contributed by atoms with E-state index in [0.717, 1.165) is 6.42 Å². The van der Waals surface area contributed by atoms with Crippen LogP contribution < -0.4 is 5.32 Å². The number of nitrogens with one attached hydrogen (secondary N) is 1. The summed E-state index contributed by atoms with van der Waals surface area (Å²) in [5.41, 5.74) is 3.93. The van der Waals surface area contributed by atoms with Crippen LogP contribution in [0.15, 0.2) is 48.5 Å². The molecule has 186 valence electrons. The van der Waals surface area contributed by atoms with E-state index < -0.39 is 17.5 Å². The monoisotopic (exact) mass is 478 g/mol. The molecule has 7 nitrogen and oxygen atoms in total. The molecule has 1 aliphatic carbocycles. The fourth-order valence-electron chi connectivity index (χ4n) is 5.45. The quantitative estimate of drug-likeness (QED) is 0.478. The normalized spacial score (nSPS) is 18.7. The Hall–Kier alpha value is -3.35. The van der Waals surface area contributed by atoms with E-state index in [2.05, 4.69) is 29.6 Å². The summed E-state index contributed by atoms with van der Waals surface area (Å²) in [6.45, 7) is 3.48. The molecule has 2 aromatic carbocycles. The molecule has 0 aromatic heterocycles. The molecule has 0 bridgehead atoms. The molecule has 1 atom stereocenters. The minimum Gasteiger partial charge on any atom is -0.481 e. The predicted molar refractivity (Wildman–Crippen MR) is 133 cm³/mol. The Morgan fingerprint density at radius 2 is 1.71 bits per heavy atom. The summed E-state index contributed by atoms with van der Waals surface area (Å²) >= 11 is 0. The number of hydrogen-bond donors (Lipinski definition) is 2. The van der Waals surface area contributed by atoms with Crippen LogP contribution in [0.2, 0.25) is 0 Å². The lowest BCUT2D eigenvalue weighted by Crippen LogP contribution is -2.36. The van der Waals surface area contributed by atoms with Gasteiger partial charge >= 0.3 is 12.1 Å². The van der Waals surface area contributed by atoms with Crippen LogP contribution in [0.1, 0.15) is 62.5 Å². The second-order valence-corrected chi connectivity index (χ2v) is 9.61. The number of unbranched alkanes of at least 4 members (excludes halogenated alkanes) is 1. The highest BCUT2D eigenvalue weighted by Crippen LogP contribution is 2.44. The molecule has 2 aromatic rings. The molecular formula is C28H34N2O5. The molecule has 1 saturated heterocycles. The summed E-state index contributed by atoms with van der Waals surface area (Å²) in [7, 11) is 0. The van der Waals surface area contributed by atoms with Crippen molar-refractivity contribution in [2.24, 2.45) is 5.41 Å². The standard InChI is InChI=1S/C28H34N2O5/c1-2-14-28(26(32)33)15-17-30(19-28)25(31)13-7-8-16-29-27(34)35-18-24-22-11-5-3-9-20(22)21-10-4-6-12-23(21)24/h3-6,9-12,24H,2,7-8,13-19H2,1H3,(H,29,34)(H,32,33). The number of likely N-dealkylation sites (tertiary alicyclic amines) is 1. The molecule has 1 heterocycles. The molecule has 2 N–H and O–H groups in total. The fourth-order valence-corrected chi connectivity index (χ4v) is 5.45. The Balaban J connectivity index is 1.17. The van der Waals surface area contributed by atoms with Crippen molar-refractivity contribution in [2.75, 3.05) is 26.2 Å². The zero-order valence-corrected chi connectivity index (χ0v) is 20.3. The van der Waals surface area contributed by atoms with Crippen LogP contribution >= 0.6 is 0 Å². The van der Waals surface area contributed by atoms with Crippen molar-refractivity contribution in [3.8, 4) is 11.1 Å². The Bertz CT molecular complexity index is 1040. The molecule has 0 saturated carbocycles. The van der Waals surface area contributed by atoms with E-state index in [1.165, 1.54) is 22.3 Å². The highest BCUT2D eigenvalue weighted by atomic mass is 16.5. The van der Waals surface area contributed by atoms with E-state index in [4.69, 9.17) is 4.74 Å². The molecule has 35 heavy (non-hydrogen) atoms. The topological polar surface area (TPSA) is 95.9 Å². The third-order valence-corrected chi connectivity index (χ3v) is 7.32. The second-order valence-electron chi connectivity index (χ2n) is 9.61. The predicted octanol–water partition coefficient (Wildman–Crippen LogP) is 4.80. The summed E-state index contributed by atoms with van der Waals surface area (Å²) in [5.74, 6) is -0.788. The van der Waals surface area contributed by atoms with Gasteiger partial charge in [0.05, 0.1) is 5.41 Å². The number of fused-ring (bicyclic) bond motifs is 3. The minimum absolute atomic E-state index is 0.00892. The van der Waals surface area contributed by atoms with Crippen molar-refractivity contribution < 1.29 is 24.2 Å². The van der Waals surface area contributed by atoms with Gasteiger partial charge in [0.15, 0.2) is 0 Å². The van der Waals surface area contributed by atoms with Crippen LogP contribution in [-0.2, 0) is 14.3 Å². The van der Waals surface area contributed by atoms with Gasteiger partial charge in [-0.15, -0.1) is 0 Å². The first-order valence-electron chi connectivity index (χ1n) is 12.6. The van der Waals surface area contributed by atoms with Crippen molar-refractivity contribution in [1.82, 2.24) is 10.2 Å². The maximum atomic E-state index is 12.5. The number of ether oxygens (including phenoxy) is 1. The molecule has 0 radical (unpaired) electrons. The van der Waals surface area contributed by atoms with E-state index >= 15 is 0 Å². The third kappa shape index (κ3) is 5.34. The molecule has 1 unspecified atom stereocenters. The number of carboxylic acids is 1. The summed E-state index contributed by atoms with van der Waals surface area (Å²) in [5, 5.41) is 12.4. The van der Waals surface area contributed by atoms with E-state index in [0.29, 0.717) is 51.7 Å². The Kier molecular flexibility index (Phi) is 7.73. The van der Waals surface area contributed by atoms with Gasteiger partial charge in [-0.2, -0.15) is 0 Å². The lowest BCUT2D eigenvalue weighted by Gasteiger charge is -2.24. The number of aliphatic carboxylic acids is 1. The van der Waals surface area contributed by atoms with E-state index in [9.17, 15) is 19.5 Å². The Morgan fingerprint density at radius 3 is 2.34 bits per heavy atom. The first-order chi connectivity index (χ1) is 16.9. The zero-order chi connectivity index (χ0) is 24.8. The van der Waals surface area contributed by atoms with Crippen molar-refractivity contribution in [1.29, 1.82) is 0 Å². The molecule has 2 amide bonds. The van der Waals surface area contributed by atoms with Crippen molar-refractivity contribution in [3.63, 3.8) is 0 Å². The van der Waals surface area contributed by atoms with Gasteiger partial charge in [0.25, 0.3) is 0 Å². The number of carboxylic acid groups (broad SMARTS) is 1. The highest BCUT2D eigenvalue weighted by Gasteiger charge is 2.45. The van der Waals surface area contributed by atoms with E-state index in [1.54, 1.807) is 4.90 Å². The molecule has 7 heteroatoms. The van der Waals surface area contributed by atoms with Crippen molar-refractivity contribution >= 4 is 18.0 Å². The Labute approximate surface area is 206 Å². The number of rotatable bonds is 10. The van der Waals surface area contributed by atoms with Crippen LogP contribution in [-0.4, -0.2) is 54.2 Å². The van der Waals surface area contributed by atoms with Crippen LogP contribution in [0.3, 0.4) is 0 Å². The number of carbonyl (C=O) groups is 3. The van der Waals surface area contributed by atoms with Gasteiger partial charge in [-0.1, -0.05) is 61.9 Å². The van der Waals surface area contributed by atoms with Gasteiger partial charge in [-0.05, 0) is 47.9 Å². The second kappa shape index (κ2) is 10.9. The van der Waals surface area contributed by atoms with E-state index in [1.807, 2.05) is 31.2 Å². The number of amides is 2.